The molecule has 1 radical (unpaired) electrons. The SMILES string of the molecule is NC(=O)c1cccc2c1c1[c]cc(Cl)cc1n2Cc1cc(C(F)(F)F)ccc1F. The van der Waals surface area contributed by atoms with Gasteiger partial charge in [0.25, 0.3) is 0 Å². The van der Waals surface area contributed by atoms with E-state index in [0.29, 0.717) is 32.9 Å². The Morgan fingerprint density at radius 3 is 2.59 bits per heavy atom. The largest absolute Gasteiger partial charge is 0.416 e. The van der Waals surface area contributed by atoms with Gasteiger partial charge in [-0.2, -0.15) is 13.2 Å². The van der Waals surface area contributed by atoms with Gasteiger partial charge in [-0.25, -0.2) is 4.39 Å². The van der Waals surface area contributed by atoms with Crippen molar-refractivity contribution in [2.24, 2.45) is 5.73 Å². The lowest BCUT2D eigenvalue weighted by atomic mass is 10.1. The number of carbonyl (C=O) groups excluding carboxylic acids is 1. The first-order valence-corrected chi connectivity index (χ1v) is 8.82. The molecule has 0 saturated heterocycles. The molecule has 0 saturated carbocycles. The number of alkyl halides is 3. The summed E-state index contributed by atoms with van der Waals surface area (Å²) in [6.07, 6.45) is -4.60. The molecule has 147 valence electrons. The molecule has 4 rings (SSSR count). The van der Waals surface area contributed by atoms with E-state index in [0.717, 1.165) is 12.1 Å². The maximum atomic E-state index is 14.3. The molecule has 1 amide bonds. The fourth-order valence-electron chi connectivity index (χ4n) is 3.45. The van der Waals surface area contributed by atoms with Crippen LogP contribution in [0.15, 0.2) is 48.5 Å². The Kier molecular flexibility index (Phi) is 4.50. The molecule has 2 N–H and O–H groups in total. The number of halogens is 5. The van der Waals surface area contributed by atoms with E-state index in [1.807, 2.05) is 0 Å². The predicted octanol–water partition coefficient (Wildman–Crippen LogP) is 5.55. The van der Waals surface area contributed by atoms with Crippen LogP contribution in [0.1, 0.15) is 21.5 Å². The maximum Gasteiger partial charge on any atom is 0.416 e. The minimum absolute atomic E-state index is 0.150. The van der Waals surface area contributed by atoms with Crippen LogP contribution in [0.25, 0.3) is 21.8 Å². The lowest BCUT2D eigenvalue weighted by Gasteiger charge is -2.12. The predicted molar refractivity (Wildman–Crippen MR) is 102 cm³/mol. The molecule has 3 aromatic carbocycles. The van der Waals surface area contributed by atoms with E-state index in [2.05, 4.69) is 6.07 Å². The maximum absolute atomic E-state index is 14.3. The van der Waals surface area contributed by atoms with Gasteiger partial charge in [0.1, 0.15) is 5.82 Å². The van der Waals surface area contributed by atoms with Crippen molar-refractivity contribution in [3.05, 3.63) is 82.1 Å². The number of rotatable bonds is 3. The van der Waals surface area contributed by atoms with Crippen molar-refractivity contribution in [3.8, 4) is 0 Å². The van der Waals surface area contributed by atoms with Crippen LogP contribution >= 0.6 is 11.6 Å². The van der Waals surface area contributed by atoms with Gasteiger partial charge in [-0.15, -0.1) is 0 Å². The van der Waals surface area contributed by atoms with E-state index >= 15 is 0 Å². The van der Waals surface area contributed by atoms with Gasteiger partial charge in [0.05, 0.1) is 23.1 Å². The van der Waals surface area contributed by atoms with Crippen molar-refractivity contribution in [2.75, 3.05) is 0 Å². The van der Waals surface area contributed by atoms with Crippen molar-refractivity contribution in [1.29, 1.82) is 0 Å². The van der Waals surface area contributed by atoms with Crippen molar-refractivity contribution < 1.29 is 22.4 Å². The van der Waals surface area contributed by atoms with Gasteiger partial charge in [0.2, 0.25) is 5.91 Å². The van der Waals surface area contributed by atoms with E-state index in [1.165, 1.54) is 6.07 Å². The van der Waals surface area contributed by atoms with Crippen LogP contribution in [-0.2, 0) is 12.7 Å². The highest BCUT2D eigenvalue weighted by atomic mass is 35.5. The monoisotopic (exact) mass is 419 g/mol. The average molecular weight is 420 g/mol. The summed E-state index contributed by atoms with van der Waals surface area (Å²) in [5, 5.41) is 1.34. The van der Waals surface area contributed by atoms with Crippen LogP contribution in [-0.4, -0.2) is 10.5 Å². The zero-order chi connectivity index (χ0) is 20.9. The number of nitrogens with two attached hydrogens (primary N) is 1. The first kappa shape index (κ1) is 19.3. The Hall–Kier alpha value is -3.06. The number of aromatic nitrogens is 1. The molecule has 0 aliphatic rings. The van der Waals surface area contributed by atoms with Crippen LogP contribution in [0.2, 0.25) is 5.02 Å². The molecule has 0 unspecified atom stereocenters. The third-order valence-electron chi connectivity index (χ3n) is 4.73. The van der Waals surface area contributed by atoms with Gasteiger partial charge in [0.15, 0.2) is 0 Å². The third-order valence-corrected chi connectivity index (χ3v) is 4.94. The summed E-state index contributed by atoms with van der Waals surface area (Å²) in [6, 6.07) is 13.2. The molecule has 0 bridgehead atoms. The van der Waals surface area contributed by atoms with Crippen molar-refractivity contribution in [3.63, 3.8) is 0 Å². The van der Waals surface area contributed by atoms with E-state index < -0.39 is 23.5 Å². The molecular formula is C21H12ClF4N2O. The fourth-order valence-corrected chi connectivity index (χ4v) is 3.61. The topological polar surface area (TPSA) is 48.0 Å². The normalized spacial score (nSPS) is 12.0. The lowest BCUT2D eigenvalue weighted by molar-refractivity contribution is -0.137. The van der Waals surface area contributed by atoms with Crippen molar-refractivity contribution in [1.82, 2.24) is 4.57 Å². The number of hydrogen-bond acceptors (Lipinski definition) is 1. The number of hydrogen-bond donors (Lipinski definition) is 1. The minimum atomic E-state index is -4.60. The molecule has 0 aliphatic carbocycles. The van der Waals surface area contributed by atoms with Crippen LogP contribution in [0, 0.1) is 11.9 Å². The highest BCUT2D eigenvalue weighted by molar-refractivity contribution is 6.31. The molecule has 1 aromatic heterocycles. The Morgan fingerprint density at radius 2 is 1.90 bits per heavy atom. The second-order valence-electron chi connectivity index (χ2n) is 6.53. The number of amides is 1. The van der Waals surface area contributed by atoms with Crippen LogP contribution in [0.3, 0.4) is 0 Å². The zero-order valence-corrected chi connectivity index (χ0v) is 15.4. The number of benzene rings is 3. The zero-order valence-electron chi connectivity index (χ0n) is 14.6. The second kappa shape index (κ2) is 6.77. The summed E-state index contributed by atoms with van der Waals surface area (Å²) >= 11 is 6.08. The van der Waals surface area contributed by atoms with Gasteiger partial charge in [-0.1, -0.05) is 17.7 Å². The summed E-state index contributed by atoms with van der Waals surface area (Å²) in [5.74, 6) is -1.44. The fraction of sp³-hybridized carbons (Fsp3) is 0.0952. The number of nitrogens with zero attached hydrogens (tertiary/aromatic N) is 1. The van der Waals surface area contributed by atoms with Crippen LogP contribution in [0.5, 0.6) is 0 Å². The van der Waals surface area contributed by atoms with Gasteiger partial charge in [-0.05, 0) is 48.5 Å². The summed E-state index contributed by atoms with van der Waals surface area (Å²) in [4.78, 5) is 11.9. The molecular weight excluding hydrogens is 408 g/mol. The highest BCUT2D eigenvalue weighted by Gasteiger charge is 2.31. The Balaban J connectivity index is 2.00. The molecule has 3 nitrogen and oxygen atoms in total. The standard InChI is InChI=1S/C21H12ClF4N2O/c22-13-5-6-14-18(9-13)28(17-3-1-2-15(19(14)17)20(27)29)10-11-8-12(21(24,25)26)4-7-16(11)23/h1-5,7-9H,10H2,(H2,27,29). The molecule has 0 aliphatic heterocycles. The summed E-state index contributed by atoms with van der Waals surface area (Å²) in [6.45, 7) is -0.202. The van der Waals surface area contributed by atoms with E-state index in [-0.39, 0.29) is 17.7 Å². The quantitative estimate of drug-likeness (QED) is 0.435. The first-order chi connectivity index (χ1) is 13.7. The average Bonchev–Trinajstić information content (AvgIpc) is 2.95. The minimum Gasteiger partial charge on any atom is -0.366 e. The molecule has 8 heteroatoms. The molecule has 0 fully saturated rings. The summed E-state index contributed by atoms with van der Waals surface area (Å²) in [5.41, 5.74) is 5.62. The van der Waals surface area contributed by atoms with E-state index in [4.69, 9.17) is 17.3 Å². The first-order valence-electron chi connectivity index (χ1n) is 8.44. The third kappa shape index (κ3) is 3.31. The Labute approximate surface area is 167 Å². The molecule has 0 atom stereocenters. The van der Waals surface area contributed by atoms with E-state index in [9.17, 15) is 22.4 Å². The van der Waals surface area contributed by atoms with Gasteiger partial charge in [0, 0.05) is 26.9 Å². The molecule has 29 heavy (non-hydrogen) atoms. The number of carbonyl (C=O) groups is 1. The summed E-state index contributed by atoms with van der Waals surface area (Å²) in [7, 11) is 0. The van der Waals surface area contributed by atoms with Crippen LogP contribution in [0.4, 0.5) is 17.6 Å². The number of primary amides is 1. The van der Waals surface area contributed by atoms with Crippen molar-refractivity contribution >= 4 is 39.3 Å². The van der Waals surface area contributed by atoms with Gasteiger partial charge >= 0.3 is 6.18 Å². The summed E-state index contributed by atoms with van der Waals surface area (Å²) < 4.78 is 55.2. The second-order valence-corrected chi connectivity index (χ2v) is 6.97. The Bertz CT molecular complexity index is 1280. The molecule has 0 spiro atoms. The molecule has 4 aromatic rings. The number of fused-ring (bicyclic) bond motifs is 3. The highest BCUT2D eigenvalue weighted by Crippen LogP contribution is 2.35. The smallest absolute Gasteiger partial charge is 0.366 e. The molecule has 1 heterocycles. The van der Waals surface area contributed by atoms with Gasteiger partial charge in [-0.3, -0.25) is 4.79 Å². The van der Waals surface area contributed by atoms with Crippen molar-refractivity contribution in [2.45, 2.75) is 12.7 Å². The Morgan fingerprint density at radius 1 is 1.14 bits per heavy atom. The lowest BCUT2D eigenvalue weighted by Crippen LogP contribution is -2.11. The van der Waals surface area contributed by atoms with E-state index in [1.54, 1.807) is 28.8 Å². The van der Waals surface area contributed by atoms with Crippen LogP contribution < -0.4 is 5.73 Å². The van der Waals surface area contributed by atoms with Gasteiger partial charge < -0.3 is 10.3 Å².